The molecule has 3 rings (SSSR count). The Hall–Kier alpha value is -1.82. The summed E-state index contributed by atoms with van der Waals surface area (Å²) in [5, 5.41) is 6.00. The average molecular weight is 320 g/mol. The molecule has 1 aliphatic rings. The van der Waals surface area contributed by atoms with E-state index in [-0.39, 0.29) is 24.5 Å². The fourth-order valence-electron chi connectivity index (χ4n) is 2.99. The van der Waals surface area contributed by atoms with Crippen molar-refractivity contribution in [1.29, 1.82) is 0 Å². The van der Waals surface area contributed by atoms with Gasteiger partial charge in [-0.2, -0.15) is 0 Å². The summed E-state index contributed by atoms with van der Waals surface area (Å²) in [6.45, 7) is 2.26. The van der Waals surface area contributed by atoms with Gasteiger partial charge in [0.2, 0.25) is 5.91 Å². The summed E-state index contributed by atoms with van der Waals surface area (Å²) in [6, 6.07) is 4.04. The lowest BCUT2D eigenvalue weighted by molar-refractivity contribution is -0.122. The van der Waals surface area contributed by atoms with Crippen molar-refractivity contribution in [3.8, 4) is 0 Å². The summed E-state index contributed by atoms with van der Waals surface area (Å²) in [4.78, 5) is 25.3. The zero-order chi connectivity index (χ0) is 15.5. The van der Waals surface area contributed by atoms with Crippen molar-refractivity contribution >= 4 is 33.4 Å². The molecule has 2 aromatic rings. The van der Waals surface area contributed by atoms with Gasteiger partial charge in [-0.1, -0.05) is 12.8 Å². The van der Waals surface area contributed by atoms with Crippen molar-refractivity contribution in [2.75, 3.05) is 6.61 Å². The Kier molecular flexibility index (Phi) is 4.47. The lowest BCUT2D eigenvalue weighted by Gasteiger charge is -2.14. The molecule has 0 aliphatic heterocycles. The van der Waals surface area contributed by atoms with E-state index in [1.165, 1.54) is 24.2 Å². The van der Waals surface area contributed by atoms with E-state index in [1.807, 2.05) is 11.4 Å². The quantitative estimate of drug-likeness (QED) is 0.862. The highest BCUT2D eigenvalue weighted by Crippen LogP contribution is 2.26. The third-order valence-electron chi connectivity index (χ3n) is 4.01. The average Bonchev–Trinajstić information content (AvgIpc) is 3.17. The van der Waals surface area contributed by atoms with Crippen LogP contribution in [0.2, 0.25) is 0 Å². The molecule has 22 heavy (non-hydrogen) atoms. The Morgan fingerprint density at radius 3 is 2.91 bits per heavy atom. The minimum atomic E-state index is -0.375. The second-order valence-corrected chi connectivity index (χ2v) is 6.46. The minimum absolute atomic E-state index is 0.0386. The second kappa shape index (κ2) is 6.52. The predicted octanol–water partition coefficient (Wildman–Crippen LogP) is 2.94. The minimum Gasteiger partial charge on any atom is -0.461 e. The number of carbonyl (C=O) groups excluding carboxylic acids is 2. The van der Waals surface area contributed by atoms with Gasteiger partial charge in [0, 0.05) is 11.4 Å². The van der Waals surface area contributed by atoms with Gasteiger partial charge in [0.15, 0.2) is 0 Å². The number of fused-ring (bicyclic) bond motifs is 1. The number of nitrogens with one attached hydrogen (secondary N) is 1. The Bertz CT molecular complexity index is 683. The second-order valence-electron chi connectivity index (χ2n) is 5.57. The largest absolute Gasteiger partial charge is 0.461 e. The number of ether oxygens (including phenoxy) is 1. The van der Waals surface area contributed by atoms with Crippen LogP contribution in [-0.4, -0.2) is 29.1 Å². The molecule has 0 radical (unpaired) electrons. The highest BCUT2D eigenvalue weighted by molar-refractivity contribution is 7.16. The fourth-order valence-corrected chi connectivity index (χ4v) is 3.89. The van der Waals surface area contributed by atoms with Crippen LogP contribution in [0.25, 0.3) is 10.2 Å². The molecular weight excluding hydrogens is 300 g/mol. The van der Waals surface area contributed by atoms with Crippen LogP contribution in [0.4, 0.5) is 0 Å². The zero-order valence-corrected chi connectivity index (χ0v) is 13.4. The molecule has 2 aromatic heterocycles. The van der Waals surface area contributed by atoms with Crippen LogP contribution in [0.15, 0.2) is 17.5 Å². The van der Waals surface area contributed by atoms with Crippen LogP contribution in [0, 0.1) is 0 Å². The van der Waals surface area contributed by atoms with E-state index in [2.05, 4.69) is 5.32 Å². The molecule has 1 fully saturated rings. The third-order valence-corrected chi connectivity index (χ3v) is 4.96. The summed E-state index contributed by atoms with van der Waals surface area (Å²) in [5.41, 5.74) is 0.449. The molecule has 118 valence electrons. The summed E-state index contributed by atoms with van der Waals surface area (Å²) in [5.74, 6) is -0.414. The molecule has 0 aromatic carbocycles. The summed E-state index contributed by atoms with van der Waals surface area (Å²) < 4.78 is 6.86. The Labute approximate surface area is 133 Å². The first-order valence-corrected chi connectivity index (χ1v) is 8.60. The monoisotopic (exact) mass is 320 g/mol. The van der Waals surface area contributed by atoms with E-state index in [9.17, 15) is 9.59 Å². The van der Waals surface area contributed by atoms with Crippen LogP contribution < -0.4 is 5.32 Å². The molecule has 1 N–H and O–H groups in total. The maximum Gasteiger partial charge on any atom is 0.355 e. The third kappa shape index (κ3) is 3.02. The molecule has 0 unspecified atom stereocenters. The van der Waals surface area contributed by atoms with Crippen molar-refractivity contribution in [2.45, 2.75) is 45.2 Å². The van der Waals surface area contributed by atoms with Crippen molar-refractivity contribution in [3.05, 3.63) is 23.2 Å². The van der Waals surface area contributed by atoms with Gasteiger partial charge in [0.1, 0.15) is 17.1 Å². The standard InChI is InChI=1S/C16H20N2O3S/c1-2-21-16(20)13-9-11-7-8-22-15(11)18(13)10-14(19)17-12-5-3-4-6-12/h7-9,12H,2-6,10H2,1H3,(H,17,19). The number of hydrogen-bond donors (Lipinski definition) is 1. The Morgan fingerprint density at radius 1 is 1.41 bits per heavy atom. The van der Waals surface area contributed by atoms with Gasteiger partial charge >= 0.3 is 5.97 Å². The summed E-state index contributed by atoms with van der Waals surface area (Å²) >= 11 is 1.53. The molecular formula is C16H20N2O3S. The van der Waals surface area contributed by atoms with Crippen molar-refractivity contribution in [1.82, 2.24) is 9.88 Å². The molecule has 1 aliphatic carbocycles. The SMILES string of the molecule is CCOC(=O)c1cc2ccsc2n1CC(=O)NC1CCCC1. The number of rotatable bonds is 5. The molecule has 5 nitrogen and oxygen atoms in total. The van der Waals surface area contributed by atoms with E-state index in [4.69, 9.17) is 4.74 Å². The normalized spacial score (nSPS) is 15.3. The molecule has 0 spiro atoms. The van der Waals surface area contributed by atoms with E-state index in [0.717, 1.165) is 23.1 Å². The fraction of sp³-hybridized carbons (Fsp3) is 0.500. The highest BCUT2D eigenvalue weighted by atomic mass is 32.1. The predicted molar refractivity (Wildman–Crippen MR) is 86.2 cm³/mol. The van der Waals surface area contributed by atoms with Gasteiger partial charge < -0.3 is 14.6 Å². The molecule has 0 saturated heterocycles. The highest BCUT2D eigenvalue weighted by Gasteiger charge is 2.21. The number of aromatic nitrogens is 1. The number of esters is 1. The molecule has 6 heteroatoms. The number of hydrogen-bond acceptors (Lipinski definition) is 4. The maximum absolute atomic E-state index is 12.3. The molecule has 1 amide bonds. The van der Waals surface area contributed by atoms with Crippen LogP contribution in [0.3, 0.4) is 0 Å². The number of thiophene rings is 1. The van der Waals surface area contributed by atoms with Crippen LogP contribution in [-0.2, 0) is 16.1 Å². The van der Waals surface area contributed by atoms with Crippen LogP contribution in [0.1, 0.15) is 43.1 Å². The first-order valence-electron chi connectivity index (χ1n) is 7.72. The number of carbonyl (C=O) groups is 2. The first-order chi connectivity index (χ1) is 10.7. The van der Waals surface area contributed by atoms with Gasteiger partial charge in [-0.3, -0.25) is 4.79 Å². The van der Waals surface area contributed by atoms with Gasteiger partial charge in [-0.25, -0.2) is 4.79 Å². The zero-order valence-electron chi connectivity index (χ0n) is 12.6. The topological polar surface area (TPSA) is 60.3 Å². The first kappa shape index (κ1) is 15.1. The summed E-state index contributed by atoms with van der Waals surface area (Å²) in [6.07, 6.45) is 4.46. The molecule has 2 heterocycles. The lowest BCUT2D eigenvalue weighted by Crippen LogP contribution is -2.35. The van der Waals surface area contributed by atoms with Crippen LogP contribution >= 0.6 is 11.3 Å². The molecule has 1 saturated carbocycles. The van der Waals surface area contributed by atoms with Crippen LogP contribution in [0.5, 0.6) is 0 Å². The molecule has 0 atom stereocenters. The maximum atomic E-state index is 12.3. The van der Waals surface area contributed by atoms with Crippen molar-refractivity contribution in [3.63, 3.8) is 0 Å². The Balaban J connectivity index is 1.81. The van der Waals surface area contributed by atoms with E-state index >= 15 is 0 Å². The van der Waals surface area contributed by atoms with Gasteiger partial charge in [0.05, 0.1) is 6.61 Å². The van der Waals surface area contributed by atoms with Gasteiger partial charge in [-0.15, -0.1) is 11.3 Å². The number of amides is 1. The Morgan fingerprint density at radius 2 is 2.18 bits per heavy atom. The number of nitrogens with zero attached hydrogens (tertiary/aromatic N) is 1. The van der Waals surface area contributed by atoms with Gasteiger partial charge in [0.25, 0.3) is 0 Å². The smallest absolute Gasteiger partial charge is 0.355 e. The van der Waals surface area contributed by atoms with Crippen molar-refractivity contribution in [2.24, 2.45) is 0 Å². The van der Waals surface area contributed by atoms with E-state index in [1.54, 1.807) is 17.6 Å². The lowest BCUT2D eigenvalue weighted by atomic mass is 10.2. The molecule has 0 bridgehead atoms. The van der Waals surface area contributed by atoms with Crippen molar-refractivity contribution < 1.29 is 14.3 Å². The van der Waals surface area contributed by atoms with E-state index in [0.29, 0.717) is 12.3 Å². The van der Waals surface area contributed by atoms with Gasteiger partial charge in [-0.05, 0) is 37.3 Å². The van der Waals surface area contributed by atoms with E-state index < -0.39 is 0 Å². The summed E-state index contributed by atoms with van der Waals surface area (Å²) in [7, 11) is 0.